The first-order chi connectivity index (χ1) is 9.45. The molecule has 1 spiro atoms. The predicted octanol–water partition coefficient (Wildman–Crippen LogP) is 3.21. The lowest BCUT2D eigenvalue weighted by Crippen LogP contribution is -2.56. The molecule has 1 saturated heterocycles. The maximum atomic E-state index is 11.0. The highest BCUT2D eigenvalue weighted by atomic mass is 16.5. The molecule has 2 fully saturated rings. The molecule has 0 radical (unpaired) electrons. The van der Waals surface area contributed by atoms with Crippen LogP contribution >= 0.6 is 0 Å². The minimum Gasteiger partial charge on any atom is -0.391 e. The summed E-state index contributed by atoms with van der Waals surface area (Å²) in [7, 11) is 0. The topological polar surface area (TPSA) is 32.7 Å². The molecule has 0 aromatic carbocycles. The lowest BCUT2D eigenvalue weighted by molar-refractivity contribution is -0.133. The molecule has 2 unspecified atom stereocenters. The molecule has 0 bridgehead atoms. The van der Waals surface area contributed by atoms with Crippen LogP contribution in [-0.2, 0) is 4.74 Å². The quantitative estimate of drug-likeness (QED) is 0.841. The van der Waals surface area contributed by atoms with Crippen LogP contribution in [0.4, 0.5) is 0 Å². The second-order valence-corrected chi connectivity index (χ2v) is 7.26. The van der Waals surface area contributed by atoms with Gasteiger partial charge in [-0.05, 0) is 58.5 Å². The molecule has 20 heavy (non-hydrogen) atoms. The van der Waals surface area contributed by atoms with E-state index in [-0.39, 0.29) is 17.2 Å². The molecule has 1 N–H and O–H groups in total. The zero-order valence-corrected chi connectivity index (χ0v) is 13.8. The van der Waals surface area contributed by atoms with E-state index >= 15 is 0 Å². The third-order valence-corrected chi connectivity index (χ3v) is 5.79. The molecule has 1 heterocycles. The standard InChI is InChI=1S/C17H33NO2/c1-5-18(6-2)16(3,4)15(19)14-9-12-20-17(13-14)10-7-8-11-17/h14-15,19H,5-13H2,1-4H3. The zero-order chi connectivity index (χ0) is 14.8. The summed E-state index contributed by atoms with van der Waals surface area (Å²) < 4.78 is 6.11. The maximum absolute atomic E-state index is 11.0. The van der Waals surface area contributed by atoms with Gasteiger partial charge in [0.2, 0.25) is 0 Å². The Kier molecular flexibility index (Phi) is 5.14. The average Bonchev–Trinajstić information content (AvgIpc) is 2.87. The average molecular weight is 283 g/mol. The second kappa shape index (κ2) is 6.33. The van der Waals surface area contributed by atoms with Gasteiger partial charge in [-0.15, -0.1) is 0 Å². The first kappa shape index (κ1) is 16.3. The van der Waals surface area contributed by atoms with Gasteiger partial charge in [-0.3, -0.25) is 4.90 Å². The fourth-order valence-electron chi connectivity index (χ4n) is 4.51. The minimum absolute atomic E-state index is 0.100. The number of likely N-dealkylation sites (N-methyl/N-ethyl adjacent to an activating group) is 1. The van der Waals surface area contributed by atoms with Gasteiger partial charge < -0.3 is 9.84 Å². The van der Waals surface area contributed by atoms with Gasteiger partial charge in [0, 0.05) is 12.1 Å². The van der Waals surface area contributed by atoms with Gasteiger partial charge in [0.05, 0.1) is 11.7 Å². The van der Waals surface area contributed by atoms with E-state index in [9.17, 15) is 5.11 Å². The Hall–Kier alpha value is -0.120. The first-order valence-corrected chi connectivity index (χ1v) is 8.52. The number of nitrogens with zero attached hydrogens (tertiary/aromatic N) is 1. The largest absolute Gasteiger partial charge is 0.391 e. The van der Waals surface area contributed by atoms with Crippen LogP contribution in [0.15, 0.2) is 0 Å². The van der Waals surface area contributed by atoms with E-state index in [0.717, 1.165) is 32.5 Å². The minimum atomic E-state index is -0.260. The number of hydrogen-bond acceptors (Lipinski definition) is 3. The van der Waals surface area contributed by atoms with E-state index in [0.29, 0.717) is 5.92 Å². The highest BCUT2D eigenvalue weighted by molar-refractivity contribution is 4.98. The van der Waals surface area contributed by atoms with Crippen LogP contribution in [0.5, 0.6) is 0 Å². The van der Waals surface area contributed by atoms with Crippen molar-refractivity contribution in [3.63, 3.8) is 0 Å². The summed E-state index contributed by atoms with van der Waals surface area (Å²) in [5.74, 6) is 0.387. The van der Waals surface area contributed by atoms with Crippen LogP contribution < -0.4 is 0 Å². The van der Waals surface area contributed by atoms with Crippen molar-refractivity contribution >= 4 is 0 Å². The summed E-state index contributed by atoms with van der Waals surface area (Å²) >= 11 is 0. The van der Waals surface area contributed by atoms with Crippen LogP contribution in [0.2, 0.25) is 0 Å². The molecule has 118 valence electrons. The molecule has 0 aromatic heterocycles. The van der Waals surface area contributed by atoms with Gasteiger partial charge in [-0.1, -0.05) is 26.7 Å². The Bertz CT molecular complexity index is 306. The smallest absolute Gasteiger partial charge is 0.0748 e. The van der Waals surface area contributed by atoms with Crippen molar-refractivity contribution in [1.82, 2.24) is 4.90 Å². The normalized spacial score (nSPS) is 28.2. The summed E-state index contributed by atoms with van der Waals surface area (Å²) in [4.78, 5) is 2.38. The molecule has 1 saturated carbocycles. The SMILES string of the molecule is CCN(CC)C(C)(C)C(O)C1CCOC2(CCCC2)C1. The molecule has 2 atom stereocenters. The predicted molar refractivity (Wildman–Crippen MR) is 82.9 cm³/mol. The van der Waals surface area contributed by atoms with Crippen molar-refractivity contribution in [2.45, 2.75) is 83.5 Å². The summed E-state index contributed by atoms with van der Waals surface area (Å²) in [5, 5.41) is 11.0. The molecule has 0 aromatic rings. The van der Waals surface area contributed by atoms with Crippen LogP contribution in [0.1, 0.15) is 66.2 Å². The Morgan fingerprint density at radius 3 is 2.40 bits per heavy atom. The molecular weight excluding hydrogens is 250 g/mol. The van der Waals surface area contributed by atoms with Crippen LogP contribution in [0.3, 0.4) is 0 Å². The first-order valence-electron chi connectivity index (χ1n) is 8.52. The van der Waals surface area contributed by atoms with E-state index in [1.807, 2.05) is 0 Å². The monoisotopic (exact) mass is 283 g/mol. The van der Waals surface area contributed by atoms with E-state index in [1.54, 1.807) is 0 Å². The molecule has 2 aliphatic rings. The van der Waals surface area contributed by atoms with Crippen molar-refractivity contribution in [3.8, 4) is 0 Å². The molecule has 1 aliphatic heterocycles. The highest BCUT2D eigenvalue weighted by Crippen LogP contribution is 2.44. The van der Waals surface area contributed by atoms with Crippen LogP contribution in [0, 0.1) is 5.92 Å². The number of rotatable bonds is 5. The van der Waals surface area contributed by atoms with E-state index < -0.39 is 0 Å². The molecular formula is C17H33NO2. The third kappa shape index (κ3) is 3.05. The van der Waals surface area contributed by atoms with Gasteiger partial charge in [-0.25, -0.2) is 0 Å². The molecule has 0 amide bonds. The van der Waals surface area contributed by atoms with Crippen molar-refractivity contribution in [2.75, 3.05) is 19.7 Å². The Morgan fingerprint density at radius 1 is 1.25 bits per heavy atom. The van der Waals surface area contributed by atoms with Gasteiger partial charge in [0.25, 0.3) is 0 Å². The number of aliphatic hydroxyl groups excluding tert-OH is 1. The highest BCUT2D eigenvalue weighted by Gasteiger charge is 2.45. The van der Waals surface area contributed by atoms with Crippen molar-refractivity contribution in [1.29, 1.82) is 0 Å². The number of hydrogen-bond donors (Lipinski definition) is 1. The van der Waals surface area contributed by atoms with Gasteiger partial charge in [-0.2, -0.15) is 0 Å². The van der Waals surface area contributed by atoms with Gasteiger partial charge >= 0.3 is 0 Å². The summed E-state index contributed by atoms with van der Waals surface area (Å²) in [6.07, 6.45) is 6.78. The van der Waals surface area contributed by atoms with Gasteiger partial charge in [0.15, 0.2) is 0 Å². The third-order valence-electron chi connectivity index (χ3n) is 5.79. The van der Waals surface area contributed by atoms with E-state index in [2.05, 4.69) is 32.6 Å². The van der Waals surface area contributed by atoms with E-state index in [4.69, 9.17) is 4.74 Å². The molecule has 2 rings (SSSR count). The lowest BCUT2D eigenvalue weighted by Gasteiger charge is -2.47. The fourth-order valence-corrected chi connectivity index (χ4v) is 4.51. The number of aliphatic hydroxyl groups is 1. The molecule has 1 aliphatic carbocycles. The van der Waals surface area contributed by atoms with Gasteiger partial charge in [0.1, 0.15) is 0 Å². The number of ether oxygens (including phenoxy) is 1. The molecule has 3 nitrogen and oxygen atoms in total. The van der Waals surface area contributed by atoms with Crippen molar-refractivity contribution in [2.24, 2.45) is 5.92 Å². The Morgan fingerprint density at radius 2 is 1.85 bits per heavy atom. The Labute approximate surface area is 124 Å². The zero-order valence-electron chi connectivity index (χ0n) is 13.8. The second-order valence-electron chi connectivity index (χ2n) is 7.26. The summed E-state index contributed by atoms with van der Waals surface area (Å²) in [6.45, 7) is 11.6. The molecule has 3 heteroatoms. The Balaban J connectivity index is 2.05. The lowest BCUT2D eigenvalue weighted by atomic mass is 9.75. The van der Waals surface area contributed by atoms with Crippen molar-refractivity contribution in [3.05, 3.63) is 0 Å². The van der Waals surface area contributed by atoms with E-state index in [1.165, 1.54) is 25.7 Å². The fraction of sp³-hybridized carbons (Fsp3) is 1.00. The maximum Gasteiger partial charge on any atom is 0.0748 e. The van der Waals surface area contributed by atoms with Crippen LogP contribution in [0.25, 0.3) is 0 Å². The summed E-state index contributed by atoms with van der Waals surface area (Å²) in [6, 6.07) is 0. The van der Waals surface area contributed by atoms with Crippen LogP contribution in [-0.4, -0.2) is 46.9 Å². The van der Waals surface area contributed by atoms with Crippen molar-refractivity contribution < 1.29 is 9.84 Å². The summed E-state index contributed by atoms with van der Waals surface area (Å²) in [5.41, 5.74) is -0.0471.